The largest absolute Gasteiger partial charge is 0.497 e. The lowest BCUT2D eigenvalue weighted by Crippen LogP contribution is -2.28. The van der Waals surface area contributed by atoms with E-state index in [1.807, 2.05) is 47.0 Å². The van der Waals surface area contributed by atoms with Crippen molar-refractivity contribution < 1.29 is 17.9 Å². The summed E-state index contributed by atoms with van der Waals surface area (Å²) >= 11 is 0. The van der Waals surface area contributed by atoms with Crippen molar-refractivity contribution in [3.8, 4) is 22.9 Å². The Morgan fingerprint density at radius 3 is 2.55 bits per heavy atom. The van der Waals surface area contributed by atoms with Crippen molar-refractivity contribution in [3.63, 3.8) is 0 Å². The molecule has 0 aliphatic heterocycles. The number of hydrogen-bond donors (Lipinski definition) is 1. The van der Waals surface area contributed by atoms with Crippen LogP contribution in [0.5, 0.6) is 11.5 Å². The Balaban J connectivity index is 1.62. The molecule has 0 atom stereocenters. The molecule has 4 aromatic rings. The normalized spacial score (nSPS) is 11.5. The number of nitrogens with zero attached hydrogens (tertiary/aromatic N) is 3. The topological polar surface area (TPSA) is 95.3 Å². The number of sulfonamides is 1. The van der Waals surface area contributed by atoms with E-state index in [9.17, 15) is 8.42 Å². The van der Waals surface area contributed by atoms with E-state index in [0.717, 1.165) is 16.9 Å². The smallest absolute Gasteiger partial charge is 0.244 e. The monoisotopic (exact) mass is 438 g/mol. The molecule has 0 aliphatic rings. The van der Waals surface area contributed by atoms with Gasteiger partial charge in [-0.1, -0.05) is 30.3 Å². The molecule has 8 nitrogen and oxygen atoms in total. The van der Waals surface area contributed by atoms with Crippen LogP contribution in [-0.2, 0) is 16.6 Å². The molecule has 2 heterocycles. The SMILES string of the molecule is COc1ccc(OC)c(S(=O)(=O)NCCn2c(-c3ccccc3)nc3cccnc32)c1. The van der Waals surface area contributed by atoms with Crippen LogP contribution in [0.4, 0.5) is 0 Å². The molecule has 0 spiro atoms. The van der Waals surface area contributed by atoms with Crippen molar-refractivity contribution in [1.29, 1.82) is 0 Å². The molecule has 9 heteroatoms. The third kappa shape index (κ3) is 4.23. The Bertz CT molecular complexity index is 1300. The summed E-state index contributed by atoms with van der Waals surface area (Å²) in [5.74, 6) is 1.40. The second-order valence-electron chi connectivity index (χ2n) is 6.71. The van der Waals surface area contributed by atoms with Crippen molar-refractivity contribution in [2.75, 3.05) is 20.8 Å². The summed E-state index contributed by atoms with van der Waals surface area (Å²) in [6.45, 7) is 0.494. The zero-order chi connectivity index (χ0) is 21.8. The van der Waals surface area contributed by atoms with E-state index >= 15 is 0 Å². The van der Waals surface area contributed by atoms with Gasteiger partial charge in [-0.05, 0) is 24.3 Å². The molecule has 2 aromatic carbocycles. The number of nitrogens with one attached hydrogen (secondary N) is 1. The molecule has 0 amide bonds. The summed E-state index contributed by atoms with van der Waals surface area (Å²) in [5.41, 5.74) is 2.37. The predicted molar refractivity (Wildman–Crippen MR) is 118 cm³/mol. The van der Waals surface area contributed by atoms with Gasteiger partial charge in [0.25, 0.3) is 0 Å². The molecule has 0 aliphatic carbocycles. The Labute approximate surface area is 180 Å². The molecular formula is C22H22N4O4S. The molecule has 0 saturated heterocycles. The maximum atomic E-state index is 12.9. The fourth-order valence-electron chi connectivity index (χ4n) is 3.34. The van der Waals surface area contributed by atoms with E-state index < -0.39 is 10.0 Å². The van der Waals surface area contributed by atoms with Gasteiger partial charge in [0.05, 0.1) is 14.2 Å². The van der Waals surface area contributed by atoms with Crippen molar-refractivity contribution in [3.05, 3.63) is 66.9 Å². The minimum absolute atomic E-state index is 0.0197. The van der Waals surface area contributed by atoms with Crippen molar-refractivity contribution >= 4 is 21.2 Å². The number of pyridine rings is 1. The first-order chi connectivity index (χ1) is 15.0. The van der Waals surface area contributed by atoms with Gasteiger partial charge in [-0.15, -0.1) is 0 Å². The maximum absolute atomic E-state index is 12.9. The first kappa shape index (κ1) is 20.8. The maximum Gasteiger partial charge on any atom is 0.244 e. The molecule has 31 heavy (non-hydrogen) atoms. The summed E-state index contributed by atoms with van der Waals surface area (Å²) in [6.07, 6.45) is 1.70. The van der Waals surface area contributed by atoms with Gasteiger partial charge in [-0.2, -0.15) is 0 Å². The van der Waals surface area contributed by atoms with Crippen LogP contribution >= 0.6 is 0 Å². The summed E-state index contributed by atoms with van der Waals surface area (Å²) < 4.78 is 40.8. The highest BCUT2D eigenvalue weighted by atomic mass is 32.2. The van der Waals surface area contributed by atoms with Crippen LogP contribution in [0.2, 0.25) is 0 Å². The van der Waals surface area contributed by atoms with Crippen LogP contribution in [0, 0.1) is 0 Å². The fourth-order valence-corrected chi connectivity index (χ4v) is 4.54. The zero-order valence-corrected chi connectivity index (χ0v) is 18.0. The van der Waals surface area contributed by atoms with Crippen LogP contribution in [0.15, 0.2) is 71.8 Å². The van der Waals surface area contributed by atoms with Gasteiger partial charge in [0.2, 0.25) is 10.0 Å². The van der Waals surface area contributed by atoms with Gasteiger partial charge in [-0.25, -0.2) is 23.1 Å². The summed E-state index contributed by atoms with van der Waals surface area (Å²) in [5, 5.41) is 0. The number of ether oxygens (including phenoxy) is 2. The van der Waals surface area contributed by atoms with Crippen LogP contribution in [-0.4, -0.2) is 43.7 Å². The number of rotatable bonds is 8. The second-order valence-corrected chi connectivity index (χ2v) is 8.45. The second kappa shape index (κ2) is 8.75. The molecule has 4 rings (SSSR count). The highest BCUT2D eigenvalue weighted by Gasteiger charge is 2.21. The van der Waals surface area contributed by atoms with Crippen molar-refractivity contribution in [2.24, 2.45) is 0 Å². The highest BCUT2D eigenvalue weighted by molar-refractivity contribution is 7.89. The summed E-state index contributed by atoms with van der Waals surface area (Å²) in [4.78, 5) is 9.15. The van der Waals surface area contributed by atoms with E-state index in [0.29, 0.717) is 17.9 Å². The first-order valence-electron chi connectivity index (χ1n) is 9.62. The molecule has 2 aromatic heterocycles. The van der Waals surface area contributed by atoms with Crippen LogP contribution in [0.1, 0.15) is 0 Å². The fraction of sp³-hybridized carbons (Fsp3) is 0.182. The number of hydrogen-bond acceptors (Lipinski definition) is 6. The lowest BCUT2D eigenvalue weighted by molar-refractivity contribution is 0.392. The lowest BCUT2D eigenvalue weighted by Gasteiger charge is -2.13. The lowest BCUT2D eigenvalue weighted by atomic mass is 10.2. The van der Waals surface area contributed by atoms with E-state index in [-0.39, 0.29) is 17.2 Å². The van der Waals surface area contributed by atoms with Crippen LogP contribution in [0.25, 0.3) is 22.6 Å². The number of aromatic nitrogens is 3. The molecule has 0 unspecified atom stereocenters. The van der Waals surface area contributed by atoms with E-state index in [1.54, 1.807) is 18.3 Å². The molecule has 0 bridgehead atoms. The Hall–Kier alpha value is -3.43. The standard InChI is InChI=1S/C22H22N4O4S/c1-29-17-10-11-19(30-2)20(15-17)31(27,28)24-13-14-26-21(16-7-4-3-5-8-16)25-18-9-6-12-23-22(18)26/h3-12,15,24H,13-14H2,1-2H3. The minimum atomic E-state index is -3.83. The summed E-state index contributed by atoms with van der Waals surface area (Å²) in [6, 6.07) is 18.1. The molecule has 1 N–H and O–H groups in total. The average molecular weight is 439 g/mol. The molecule has 0 radical (unpaired) electrons. The Morgan fingerprint density at radius 1 is 1.00 bits per heavy atom. The summed E-state index contributed by atoms with van der Waals surface area (Å²) in [7, 11) is -0.922. The molecule has 0 fully saturated rings. The van der Waals surface area contributed by atoms with Gasteiger partial charge in [0.1, 0.15) is 27.7 Å². The number of imidazole rings is 1. The number of benzene rings is 2. The van der Waals surface area contributed by atoms with E-state index in [1.165, 1.54) is 20.3 Å². The third-order valence-electron chi connectivity index (χ3n) is 4.82. The third-order valence-corrected chi connectivity index (χ3v) is 6.31. The van der Waals surface area contributed by atoms with E-state index in [4.69, 9.17) is 14.5 Å². The van der Waals surface area contributed by atoms with Gasteiger partial charge in [-0.3, -0.25) is 0 Å². The first-order valence-corrected chi connectivity index (χ1v) is 11.1. The van der Waals surface area contributed by atoms with Crippen LogP contribution in [0.3, 0.4) is 0 Å². The van der Waals surface area contributed by atoms with Crippen molar-refractivity contribution in [2.45, 2.75) is 11.4 Å². The van der Waals surface area contributed by atoms with Gasteiger partial charge in [0.15, 0.2) is 5.65 Å². The van der Waals surface area contributed by atoms with Gasteiger partial charge in [0, 0.05) is 30.9 Å². The zero-order valence-electron chi connectivity index (χ0n) is 17.1. The van der Waals surface area contributed by atoms with Gasteiger partial charge < -0.3 is 14.0 Å². The van der Waals surface area contributed by atoms with Gasteiger partial charge >= 0.3 is 0 Å². The minimum Gasteiger partial charge on any atom is -0.497 e. The molecular weight excluding hydrogens is 416 g/mol. The Kier molecular flexibility index (Phi) is 5.88. The number of fused-ring (bicyclic) bond motifs is 1. The highest BCUT2D eigenvalue weighted by Crippen LogP contribution is 2.28. The Morgan fingerprint density at radius 2 is 1.81 bits per heavy atom. The molecule has 160 valence electrons. The average Bonchev–Trinajstić information content (AvgIpc) is 3.18. The quantitative estimate of drug-likeness (QED) is 0.454. The van der Waals surface area contributed by atoms with Crippen molar-refractivity contribution in [1.82, 2.24) is 19.3 Å². The predicted octanol–water partition coefficient (Wildman–Crippen LogP) is 3.09. The van der Waals surface area contributed by atoms with Crippen LogP contribution < -0.4 is 14.2 Å². The van der Waals surface area contributed by atoms with E-state index in [2.05, 4.69) is 9.71 Å². The molecule has 0 saturated carbocycles. The number of methoxy groups -OCH3 is 2.